The van der Waals surface area contributed by atoms with E-state index in [0.717, 1.165) is 63.6 Å². The van der Waals surface area contributed by atoms with Crippen LogP contribution in [0.2, 0.25) is 0 Å². The molecule has 7 fully saturated rings. The van der Waals surface area contributed by atoms with Gasteiger partial charge in [-0.2, -0.15) is 0 Å². The number of allylic oxidation sites excluding steroid dienone is 1. The second kappa shape index (κ2) is 12.7. The quantitative estimate of drug-likeness (QED) is 0.256. The first-order valence-corrected chi connectivity index (χ1v) is 21.9. The Morgan fingerprint density at radius 3 is 2.51 bits per heavy atom. The Labute approximate surface area is 319 Å². The number of hydrogen-bond acceptors (Lipinski definition) is 5. The van der Waals surface area contributed by atoms with Gasteiger partial charge < -0.3 is 20.6 Å². The van der Waals surface area contributed by atoms with Crippen molar-refractivity contribution in [2.24, 2.45) is 70.0 Å². The first-order chi connectivity index (χ1) is 25.5. The molecule has 53 heavy (non-hydrogen) atoms. The van der Waals surface area contributed by atoms with E-state index >= 15 is 0 Å². The third kappa shape index (κ3) is 5.29. The molecule has 2 heterocycles. The van der Waals surface area contributed by atoms with Crippen molar-refractivity contribution in [2.45, 2.75) is 121 Å². The first-order valence-electron chi connectivity index (χ1n) is 21.9. The summed E-state index contributed by atoms with van der Waals surface area (Å²) in [6.07, 6.45) is 16.3. The standard InChI is InChI=1S/C48H66N2O3/c1-28-12-17-43-47(3,53)39-16-15-35-36(38(39)26-50(43)25-28)21-40-37(35)22-42(51)41-23-44(52)48(27-46(40,41)2)19-18-31(24-48)34-14-13-29-8-5-6-11-33(29)45(34)30-9-7-10-32(20-30)49-4/h5-11,13-14,20,28,31,34-45,49,51-53H,12,15-19,21-27H2,1-4H3. The van der Waals surface area contributed by atoms with Gasteiger partial charge in [0, 0.05) is 37.8 Å². The summed E-state index contributed by atoms with van der Waals surface area (Å²) in [5.41, 5.74) is 4.66. The molecule has 17 atom stereocenters. The fourth-order valence-electron chi connectivity index (χ4n) is 16.2. The molecule has 2 aliphatic heterocycles. The Hall–Kier alpha value is -2.18. The predicted octanol–water partition coefficient (Wildman–Crippen LogP) is 8.59. The summed E-state index contributed by atoms with van der Waals surface area (Å²) in [5.74, 6) is 5.57. The van der Waals surface area contributed by atoms with Crippen LogP contribution in [-0.2, 0) is 0 Å². The maximum absolute atomic E-state index is 12.3. The molecule has 5 heteroatoms. The Balaban J connectivity index is 0.941. The van der Waals surface area contributed by atoms with Crippen molar-refractivity contribution in [1.29, 1.82) is 0 Å². The summed E-state index contributed by atoms with van der Waals surface area (Å²) >= 11 is 0. The molecule has 4 N–H and O–H groups in total. The molecule has 0 bridgehead atoms. The van der Waals surface area contributed by atoms with Crippen LogP contribution in [0, 0.1) is 70.0 Å². The maximum Gasteiger partial charge on any atom is 0.0805 e. The number of piperidine rings is 2. The van der Waals surface area contributed by atoms with Gasteiger partial charge in [0.1, 0.15) is 0 Å². The normalized spacial score (nSPS) is 50.0. The van der Waals surface area contributed by atoms with Crippen molar-refractivity contribution in [1.82, 2.24) is 4.90 Å². The molecule has 1 spiro atoms. The molecular formula is C48H66N2O3. The average Bonchev–Trinajstić information content (AvgIpc) is 3.75. The number of aliphatic hydroxyl groups is 3. The molecule has 2 aromatic rings. The van der Waals surface area contributed by atoms with E-state index in [2.05, 4.69) is 91.7 Å². The number of rotatable bonds is 3. The lowest BCUT2D eigenvalue weighted by Crippen LogP contribution is -2.67. The van der Waals surface area contributed by atoms with Crippen molar-refractivity contribution in [3.8, 4) is 0 Å². The Morgan fingerprint density at radius 2 is 1.66 bits per heavy atom. The SMILES string of the molecule is CNc1cccc(C2c3ccccc3C=CC2C2CCC3(C2)CC2(C)C(CC3O)C(O)CC3C4CCC5C(CN6CC(C)CCC6C5(C)O)C4CC32)c1. The third-order valence-electron chi connectivity index (χ3n) is 18.4. The van der Waals surface area contributed by atoms with Crippen LogP contribution in [-0.4, -0.2) is 64.2 Å². The number of hydrogen-bond donors (Lipinski definition) is 4. The molecule has 2 saturated heterocycles. The van der Waals surface area contributed by atoms with Crippen molar-refractivity contribution < 1.29 is 15.3 Å². The van der Waals surface area contributed by atoms with Gasteiger partial charge in [0.2, 0.25) is 0 Å². The Morgan fingerprint density at radius 1 is 0.811 bits per heavy atom. The van der Waals surface area contributed by atoms with E-state index in [-0.39, 0.29) is 29.0 Å². The minimum atomic E-state index is -0.605. The highest BCUT2D eigenvalue weighted by Crippen LogP contribution is 2.71. The van der Waals surface area contributed by atoms with Crippen LogP contribution in [0.4, 0.5) is 5.69 Å². The molecule has 6 aliphatic carbocycles. The van der Waals surface area contributed by atoms with Crippen LogP contribution in [0.3, 0.4) is 0 Å². The molecular weight excluding hydrogens is 653 g/mol. The number of nitrogens with zero attached hydrogens (tertiary/aromatic N) is 1. The average molecular weight is 719 g/mol. The van der Waals surface area contributed by atoms with E-state index < -0.39 is 5.60 Å². The number of nitrogens with one attached hydrogen (secondary N) is 1. The topological polar surface area (TPSA) is 76.0 Å². The minimum absolute atomic E-state index is 0.0399. The molecule has 5 saturated carbocycles. The van der Waals surface area contributed by atoms with Gasteiger partial charge in [0.05, 0.1) is 17.8 Å². The van der Waals surface area contributed by atoms with Crippen LogP contribution in [0.15, 0.2) is 54.6 Å². The highest BCUT2D eigenvalue weighted by Gasteiger charge is 2.67. The number of fused-ring (bicyclic) bond motifs is 9. The lowest BCUT2D eigenvalue weighted by molar-refractivity contribution is -0.180. The zero-order chi connectivity index (χ0) is 36.4. The van der Waals surface area contributed by atoms with Gasteiger partial charge in [-0.15, -0.1) is 0 Å². The molecule has 286 valence electrons. The van der Waals surface area contributed by atoms with Crippen molar-refractivity contribution >= 4 is 11.8 Å². The molecule has 10 rings (SSSR count). The molecule has 2 aromatic carbocycles. The highest BCUT2D eigenvalue weighted by atomic mass is 16.3. The van der Waals surface area contributed by atoms with Gasteiger partial charge in [-0.3, -0.25) is 4.90 Å². The van der Waals surface area contributed by atoms with Gasteiger partial charge in [-0.25, -0.2) is 0 Å². The lowest BCUT2D eigenvalue weighted by Gasteiger charge is -2.60. The fraction of sp³-hybridized carbons (Fsp3) is 0.708. The molecule has 0 aromatic heterocycles. The van der Waals surface area contributed by atoms with E-state index in [9.17, 15) is 15.3 Å². The van der Waals surface area contributed by atoms with Gasteiger partial charge in [-0.05, 0) is 176 Å². The Kier molecular flexibility index (Phi) is 8.42. The summed E-state index contributed by atoms with van der Waals surface area (Å²) in [6.45, 7) is 9.48. The minimum Gasteiger partial charge on any atom is -0.393 e. The second-order valence-corrected chi connectivity index (χ2v) is 20.7. The Bertz CT molecular complexity index is 1740. The molecule has 5 nitrogen and oxygen atoms in total. The van der Waals surface area contributed by atoms with Gasteiger partial charge in [0.25, 0.3) is 0 Å². The van der Waals surface area contributed by atoms with E-state index in [1.54, 1.807) is 0 Å². The van der Waals surface area contributed by atoms with Crippen LogP contribution in [0.25, 0.3) is 6.08 Å². The summed E-state index contributed by atoms with van der Waals surface area (Å²) in [6, 6.07) is 18.3. The molecule has 17 unspecified atom stereocenters. The van der Waals surface area contributed by atoms with Gasteiger partial charge in [0.15, 0.2) is 0 Å². The molecule has 0 amide bonds. The first kappa shape index (κ1) is 35.2. The lowest BCUT2D eigenvalue weighted by atomic mass is 9.46. The molecule has 8 aliphatic rings. The van der Waals surface area contributed by atoms with E-state index in [1.165, 1.54) is 42.5 Å². The van der Waals surface area contributed by atoms with E-state index in [4.69, 9.17) is 0 Å². The van der Waals surface area contributed by atoms with Crippen LogP contribution in [0.1, 0.15) is 114 Å². The van der Waals surface area contributed by atoms with Crippen molar-refractivity contribution in [3.05, 3.63) is 71.3 Å². The third-order valence-corrected chi connectivity index (χ3v) is 18.4. The zero-order valence-corrected chi connectivity index (χ0v) is 32.8. The van der Waals surface area contributed by atoms with Crippen LogP contribution >= 0.6 is 0 Å². The van der Waals surface area contributed by atoms with Crippen LogP contribution in [0.5, 0.6) is 0 Å². The second-order valence-electron chi connectivity index (χ2n) is 20.7. The molecule has 0 radical (unpaired) electrons. The van der Waals surface area contributed by atoms with Crippen LogP contribution < -0.4 is 5.32 Å². The van der Waals surface area contributed by atoms with Crippen molar-refractivity contribution in [2.75, 3.05) is 25.5 Å². The van der Waals surface area contributed by atoms with Gasteiger partial charge >= 0.3 is 0 Å². The largest absolute Gasteiger partial charge is 0.393 e. The number of aliphatic hydroxyl groups excluding tert-OH is 2. The van der Waals surface area contributed by atoms with E-state index in [1.807, 2.05) is 7.05 Å². The van der Waals surface area contributed by atoms with E-state index in [0.29, 0.717) is 65.2 Å². The highest BCUT2D eigenvalue weighted by molar-refractivity contribution is 5.61. The van der Waals surface area contributed by atoms with Gasteiger partial charge in [-0.1, -0.05) is 62.4 Å². The van der Waals surface area contributed by atoms with Crippen molar-refractivity contribution in [3.63, 3.8) is 0 Å². The summed E-state index contributed by atoms with van der Waals surface area (Å²) in [7, 11) is 2.01. The number of benzene rings is 2. The monoisotopic (exact) mass is 719 g/mol. The number of anilines is 1. The predicted molar refractivity (Wildman–Crippen MR) is 213 cm³/mol. The zero-order valence-electron chi connectivity index (χ0n) is 32.8. The smallest absolute Gasteiger partial charge is 0.0805 e. The summed E-state index contributed by atoms with van der Waals surface area (Å²) < 4.78 is 0. The summed E-state index contributed by atoms with van der Waals surface area (Å²) in [5, 5.41) is 40.0. The summed E-state index contributed by atoms with van der Waals surface area (Å²) in [4.78, 5) is 2.71. The fourth-order valence-corrected chi connectivity index (χ4v) is 16.2. The maximum atomic E-state index is 12.3.